The van der Waals surface area contributed by atoms with E-state index in [-0.39, 0.29) is 49.6 Å². The minimum Gasteiger partial charge on any atom is -0.497 e. The molecule has 1 aliphatic rings. The second kappa shape index (κ2) is 18.9. The second-order valence-electron chi connectivity index (χ2n) is 15.4. The van der Waals surface area contributed by atoms with Gasteiger partial charge in [0.15, 0.2) is 0 Å². The van der Waals surface area contributed by atoms with E-state index in [9.17, 15) is 19.5 Å². The summed E-state index contributed by atoms with van der Waals surface area (Å²) in [4.78, 5) is 56.1. The molecule has 320 valence electrons. The maximum absolute atomic E-state index is 14.4. The van der Waals surface area contributed by atoms with Crippen molar-refractivity contribution < 1.29 is 33.7 Å². The van der Waals surface area contributed by atoms with Gasteiger partial charge in [-0.25, -0.2) is 0 Å². The summed E-state index contributed by atoms with van der Waals surface area (Å²) < 4.78 is 16.4. The van der Waals surface area contributed by atoms with Crippen LogP contribution in [0.15, 0.2) is 84.9 Å². The predicted octanol–water partition coefficient (Wildman–Crippen LogP) is 6.31. The summed E-state index contributed by atoms with van der Waals surface area (Å²) in [5.74, 6) is -0.652. The lowest BCUT2D eigenvalue weighted by atomic mass is 10.0. The second-order valence-corrected chi connectivity index (χ2v) is 15.8. The number of hydrogen-bond acceptors (Lipinski definition) is 12. The number of halogens is 1. The number of rotatable bonds is 18. The molecule has 0 spiro atoms. The van der Waals surface area contributed by atoms with E-state index >= 15 is 0 Å². The van der Waals surface area contributed by atoms with E-state index in [1.165, 1.54) is 16.7 Å². The van der Waals surface area contributed by atoms with Crippen molar-refractivity contribution in [1.29, 1.82) is 0 Å². The van der Waals surface area contributed by atoms with E-state index < -0.39 is 17.4 Å². The highest BCUT2D eigenvalue weighted by Crippen LogP contribution is 2.48. The fourth-order valence-corrected chi connectivity index (χ4v) is 7.17. The Morgan fingerprint density at radius 2 is 1.38 bits per heavy atom. The molecule has 0 saturated heterocycles. The number of ether oxygens (including phenoxy) is 3. The molecule has 0 aliphatic heterocycles. The Morgan fingerprint density at radius 3 is 1.90 bits per heavy atom. The number of amides is 3. The highest BCUT2D eigenvalue weighted by molar-refractivity contribution is 6.34. The summed E-state index contributed by atoms with van der Waals surface area (Å²) >= 11 is 6.14. The third-order valence-corrected chi connectivity index (χ3v) is 10.7. The topological polar surface area (TPSA) is 194 Å². The minimum atomic E-state index is -1.70. The van der Waals surface area contributed by atoms with Crippen LogP contribution in [0.1, 0.15) is 64.9 Å². The lowest BCUT2D eigenvalue weighted by Gasteiger charge is -2.36. The van der Waals surface area contributed by atoms with Crippen LogP contribution in [0.4, 0.5) is 17.6 Å². The molecule has 5 aromatic rings. The van der Waals surface area contributed by atoms with Gasteiger partial charge in [0.25, 0.3) is 5.91 Å². The largest absolute Gasteiger partial charge is 0.497 e. The number of methoxy groups -OCH3 is 2. The molecule has 1 aromatic heterocycles. The summed E-state index contributed by atoms with van der Waals surface area (Å²) in [5.41, 5.74) is 8.66. The Hall–Kier alpha value is -6.45. The molecular formula is C45H51ClN8O7. The fourth-order valence-electron chi connectivity index (χ4n) is 7.05. The zero-order valence-corrected chi connectivity index (χ0v) is 35.9. The monoisotopic (exact) mass is 850 g/mol. The van der Waals surface area contributed by atoms with Gasteiger partial charge in [0, 0.05) is 29.4 Å². The van der Waals surface area contributed by atoms with Crippen molar-refractivity contribution in [3.8, 4) is 17.5 Å². The summed E-state index contributed by atoms with van der Waals surface area (Å²) in [7, 11) is 3.13. The van der Waals surface area contributed by atoms with Crippen LogP contribution in [0.25, 0.3) is 0 Å². The number of nitrogens with one attached hydrogen (secondary N) is 2. The Morgan fingerprint density at radius 1 is 0.820 bits per heavy atom. The molecule has 1 heterocycles. The van der Waals surface area contributed by atoms with Crippen LogP contribution in [0.3, 0.4) is 0 Å². The first-order valence-corrected chi connectivity index (χ1v) is 20.2. The maximum atomic E-state index is 14.4. The quantitative estimate of drug-likeness (QED) is 0.0719. The average Bonchev–Trinajstić information content (AvgIpc) is 4.01. The van der Waals surface area contributed by atoms with Crippen molar-refractivity contribution in [2.75, 3.05) is 44.5 Å². The number of carbonyl (C=O) groups excluding carboxylic acids is 3. The summed E-state index contributed by atoms with van der Waals surface area (Å²) in [6.07, 6.45) is 1.78. The van der Waals surface area contributed by atoms with Gasteiger partial charge in [-0.15, -0.1) is 0 Å². The third kappa shape index (κ3) is 11.2. The van der Waals surface area contributed by atoms with Crippen molar-refractivity contribution in [2.24, 2.45) is 5.73 Å². The summed E-state index contributed by atoms with van der Waals surface area (Å²) in [6, 6.07) is 25.5. The lowest BCUT2D eigenvalue weighted by molar-refractivity contribution is -0.147. The van der Waals surface area contributed by atoms with Crippen LogP contribution in [-0.4, -0.2) is 87.1 Å². The minimum absolute atomic E-state index is 0.0121. The molecular weight excluding hydrogens is 800 g/mol. The molecule has 5 N–H and O–H groups in total. The van der Waals surface area contributed by atoms with Gasteiger partial charge in [0.1, 0.15) is 11.5 Å². The van der Waals surface area contributed by atoms with Gasteiger partial charge in [0.2, 0.25) is 11.9 Å². The van der Waals surface area contributed by atoms with Gasteiger partial charge in [-0.2, -0.15) is 15.0 Å². The number of aromatic nitrogens is 3. The highest BCUT2D eigenvalue weighted by Gasteiger charge is 2.45. The molecule has 3 amide bonds. The maximum Gasteiger partial charge on any atom is 0.323 e. The van der Waals surface area contributed by atoms with Crippen LogP contribution in [0, 0.1) is 13.8 Å². The van der Waals surface area contributed by atoms with Crippen LogP contribution < -0.4 is 30.6 Å². The van der Waals surface area contributed by atoms with Crippen LogP contribution >= 0.6 is 11.6 Å². The zero-order chi connectivity index (χ0) is 43.9. The number of aliphatic hydroxyl groups is 1. The van der Waals surface area contributed by atoms with Crippen molar-refractivity contribution >= 4 is 46.9 Å². The van der Waals surface area contributed by atoms with Crippen LogP contribution in [-0.2, 0) is 28.2 Å². The van der Waals surface area contributed by atoms with Gasteiger partial charge in [-0.3, -0.25) is 14.4 Å². The molecule has 1 fully saturated rings. The molecule has 0 radical (unpaired) electrons. The van der Waals surface area contributed by atoms with Gasteiger partial charge in [-0.1, -0.05) is 35.9 Å². The molecule has 1 aliphatic carbocycles. The van der Waals surface area contributed by atoms with E-state index in [2.05, 4.69) is 25.6 Å². The number of carbonyl (C=O) groups is 3. The van der Waals surface area contributed by atoms with Crippen molar-refractivity contribution in [3.05, 3.63) is 123 Å². The molecule has 15 nitrogen and oxygen atoms in total. The van der Waals surface area contributed by atoms with Gasteiger partial charge >= 0.3 is 17.8 Å². The molecule has 1 atom stereocenters. The molecule has 16 heteroatoms. The molecule has 1 saturated carbocycles. The van der Waals surface area contributed by atoms with E-state index in [1.54, 1.807) is 56.7 Å². The van der Waals surface area contributed by atoms with Crippen molar-refractivity contribution in [1.82, 2.24) is 24.8 Å². The predicted molar refractivity (Wildman–Crippen MR) is 232 cm³/mol. The van der Waals surface area contributed by atoms with Gasteiger partial charge in [0.05, 0.1) is 45.1 Å². The van der Waals surface area contributed by atoms with Crippen LogP contribution in [0.5, 0.6) is 17.5 Å². The molecule has 0 bridgehead atoms. The molecule has 4 aromatic carbocycles. The van der Waals surface area contributed by atoms with E-state index in [0.717, 1.165) is 40.7 Å². The Labute approximate surface area is 360 Å². The highest BCUT2D eigenvalue weighted by atomic mass is 35.5. The zero-order valence-electron chi connectivity index (χ0n) is 35.1. The Bertz CT molecular complexity index is 2370. The third-order valence-electron chi connectivity index (χ3n) is 10.4. The first-order chi connectivity index (χ1) is 29.1. The molecule has 1 unspecified atom stereocenters. The number of nitrogens with two attached hydrogens (primary N) is 1. The Kier molecular flexibility index (Phi) is 13.6. The van der Waals surface area contributed by atoms with E-state index in [1.807, 2.05) is 63.2 Å². The smallest absolute Gasteiger partial charge is 0.323 e. The lowest BCUT2D eigenvalue weighted by Crippen LogP contribution is -2.53. The first-order valence-electron chi connectivity index (χ1n) is 19.8. The first kappa shape index (κ1) is 44.1. The Balaban J connectivity index is 1.23. The molecule has 61 heavy (non-hydrogen) atoms. The van der Waals surface area contributed by atoms with Gasteiger partial charge < -0.3 is 45.5 Å². The van der Waals surface area contributed by atoms with Gasteiger partial charge in [-0.05, 0) is 129 Å². The number of aryl methyl sites for hydroxylation is 2. The molecule has 6 rings (SSSR count). The number of benzene rings is 4. The van der Waals surface area contributed by atoms with Crippen molar-refractivity contribution in [2.45, 2.75) is 64.8 Å². The van der Waals surface area contributed by atoms with Crippen molar-refractivity contribution in [3.63, 3.8) is 0 Å². The fraction of sp³-hybridized carbons (Fsp3) is 0.333. The SMILES string of the molecule is CCOc1nc(Nc2ccc(C(=O)N(Cc3ccc(OC)cc3C)CC(C)(O)CN(Cc3ccc(OC)cc3C)C(=O)C(N)=O)cc2)nc(NC2(c3ccc(Cl)cc3)CC2)n1. The summed E-state index contributed by atoms with van der Waals surface area (Å²) in [5, 5.41) is 19.3. The van der Waals surface area contributed by atoms with E-state index in [4.69, 9.17) is 31.5 Å². The average molecular weight is 851 g/mol. The summed E-state index contributed by atoms with van der Waals surface area (Å²) in [6.45, 7) is 7.06. The number of anilines is 3. The standard InChI is InChI=1S/C45H51ClN8O7/c1-7-61-43-50-41(49-42(51-43)52-45(20-21-45)33-12-14-34(46)15-13-33)48-35-16-8-30(9-17-35)39(56)53(24-31-10-18-36(59-5)22-28(31)2)26-44(4,58)27-54(40(57)38(47)55)25-32-11-19-37(60-6)23-29(32)3/h8-19,22-23,58H,7,20-21,24-27H2,1-6H3,(H2,47,55)(H2,48,49,50,51,52). The number of primary amides is 1. The normalized spacial score (nSPS) is 13.6. The number of nitrogens with zero attached hydrogens (tertiary/aromatic N) is 5. The number of hydrogen-bond donors (Lipinski definition) is 4. The van der Waals surface area contributed by atoms with E-state index in [0.29, 0.717) is 40.3 Å². The van der Waals surface area contributed by atoms with Crippen LogP contribution in [0.2, 0.25) is 5.02 Å².